The monoisotopic (exact) mass is 258 g/mol. The van der Waals surface area contributed by atoms with Crippen molar-refractivity contribution < 1.29 is 4.79 Å². The zero-order valence-corrected chi connectivity index (χ0v) is 10.2. The highest BCUT2D eigenvalue weighted by Gasteiger charge is 2.08. The van der Waals surface area contributed by atoms with E-state index in [9.17, 15) is 4.79 Å². The normalized spacial score (nSPS) is 10.7. The first-order chi connectivity index (χ1) is 8.84. The largest absolute Gasteiger partial charge is 0.344 e. The second kappa shape index (κ2) is 4.58. The molecule has 0 atom stereocenters. The van der Waals surface area contributed by atoms with Gasteiger partial charge in [-0.3, -0.25) is 9.20 Å². The fourth-order valence-electron chi connectivity index (χ4n) is 1.67. The number of aromatic nitrogens is 3. The maximum Gasteiger partial charge on any atom is 0.261 e. The highest BCUT2D eigenvalue weighted by molar-refractivity contribution is 7.12. The first kappa shape index (κ1) is 10.9. The molecule has 1 amide bonds. The average molecular weight is 258 g/mol. The van der Waals surface area contributed by atoms with E-state index in [1.807, 2.05) is 40.2 Å². The molecule has 0 radical (unpaired) electrons. The summed E-state index contributed by atoms with van der Waals surface area (Å²) < 4.78 is 1.86. The van der Waals surface area contributed by atoms with Crippen molar-refractivity contribution in [3.05, 3.63) is 52.6 Å². The van der Waals surface area contributed by atoms with Gasteiger partial charge in [0, 0.05) is 6.20 Å². The molecule has 3 heterocycles. The van der Waals surface area contributed by atoms with Crippen LogP contribution in [-0.4, -0.2) is 20.5 Å². The minimum atomic E-state index is -0.0855. The molecule has 0 saturated heterocycles. The number of rotatable bonds is 3. The Morgan fingerprint density at radius 2 is 2.22 bits per heavy atom. The quantitative estimate of drug-likeness (QED) is 0.778. The zero-order valence-electron chi connectivity index (χ0n) is 9.41. The molecule has 5 nitrogen and oxygen atoms in total. The molecule has 0 unspecified atom stereocenters. The second-order valence-electron chi connectivity index (χ2n) is 3.71. The number of hydrogen-bond acceptors (Lipinski definition) is 4. The molecule has 0 fully saturated rings. The Hall–Kier alpha value is -2.21. The van der Waals surface area contributed by atoms with Crippen molar-refractivity contribution in [2.45, 2.75) is 6.54 Å². The molecule has 0 saturated carbocycles. The maximum atomic E-state index is 11.8. The molecule has 6 heteroatoms. The molecule has 0 aliphatic rings. The summed E-state index contributed by atoms with van der Waals surface area (Å²) in [5.74, 6) is 0.633. The lowest BCUT2D eigenvalue weighted by molar-refractivity contribution is 0.0954. The smallest absolute Gasteiger partial charge is 0.261 e. The number of carbonyl (C=O) groups is 1. The number of amides is 1. The van der Waals surface area contributed by atoms with Gasteiger partial charge in [-0.1, -0.05) is 12.1 Å². The molecule has 18 heavy (non-hydrogen) atoms. The van der Waals surface area contributed by atoms with Crippen LogP contribution >= 0.6 is 11.3 Å². The van der Waals surface area contributed by atoms with Crippen molar-refractivity contribution in [2.24, 2.45) is 0 Å². The van der Waals surface area contributed by atoms with Gasteiger partial charge in [-0.2, -0.15) is 0 Å². The van der Waals surface area contributed by atoms with E-state index in [1.54, 1.807) is 6.07 Å². The Bertz CT molecular complexity index is 674. The van der Waals surface area contributed by atoms with Crippen LogP contribution in [0.3, 0.4) is 0 Å². The van der Waals surface area contributed by atoms with E-state index in [1.165, 1.54) is 11.3 Å². The standard InChI is InChI=1S/C12H10N4OS/c17-12(9-4-3-7-18-9)13-8-11-15-14-10-5-1-2-6-16(10)11/h1-7H,8H2,(H,13,17). The summed E-state index contributed by atoms with van der Waals surface area (Å²) in [6.07, 6.45) is 1.88. The number of fused-ring (bicyclic) bond motifs is 1. The van der Waals surface area contributed by atoms with Crippen LogP contribution in [0.2, 0.25) is 0 Å². The molecule has 0 bridgehead atoms. The Morgan fingerprint density at radius 1 is 1.28 bits per heavy atom. The topological polar surface area (TPSA) is 59.3 Å². The van der Waals surface area contributed by atoms with Gasteiger partial charge in [0.1, 0.15) is 0 Å². The van der Waals surface area contributed by atoms with E-state index < -0.39 is 0 Å². The van der Waals surface area contributed by atoms with E-state index in [-0.39, 0.29) is 5.91 Å². The molecule has 3 aromatic rings. The first-order valence-electron chi connectivity index (χ1n) is 5.45. The third-order valence-electron chi connectivity index (χ3n) is 2.54. The molecule has 0 aliphatic heterocycles. The summed E-state index contributed by atoms with van der Waals surface area (Å²) in [7, 11) is 0. The molecule has 3 rings (SSSR count). The first-order valence-corrected chi connectivity index (χ1v) is 6.33. The van der Waals surface area contributed by atoms with Gasteiger partial charge in [0.25, 0.3) is 5.91 Å². The van der Waals surface area contributed by atoms with E-state index in [0.717, 1.165) is 11.5 Å². The zero-order chi connectivity index (χ0) is 12.4. The van der Waals surface area contributed by atoms with Gasteiger partial charge in [-0.15, -0.1) is 21.5 Å². The molecule has 90 valence electrons. The molecule has 1 N–H and O–H groups in total. The minimum absolute atomic E-state index is 0.0855. The van der Waals surface area contributed by atoms with Crippen LogP contribution in [0.25, 0.3) is 5.65 Å². The van der Waals surface area contributed by atoms with Crippen molar-refractivity contribution in [3.63, 3.8) is 0 Å². The molecule has 3 aromatic heterocycles. The van der Waals surface area contributed by atoms with E-state index in [4.69, 9.17) is 0 Å². The summed E-state index contributed by atoms with van der Waals surface area (Å²) in [6.45, 7) is 0.363. The van der Waals surface area contributed by atoms with Gasteiger partial charge in [0.2, 0.25) is 0 Å². The molecular formula is C12H10N4OS. The fraction of sp³-hybridized carbons (Fsp3) is 0.0833. The third kappa shape index (κ3) is 1.98. The Kier molecular flexibility index (Phi) is 2.77. The highest BCUT2D eigenvalue weighted by atomic mass is 32.1. The molecule has 0 aliphatic carbocycles. The third-order valence-corrected chi connectivity index (χ3v) is 3.40. The molecule has 0 aromatic carbocycles. The van der Waals surface area contributed by atoms with Crippen LogP contribution < -0.4 is 5.32 Å². The van der Waals surface area contributed by atoms with Crippen LogP contribution in [0.5, 0.6) is 0 Å². The van der Waals surface area contributed by atoms with E-state index in [0.29, 0.717) is 11.4 Å². The molecule has 0 spiro atoms. The van der Waals surface area contributed by atoms with Crippen LogP contribution in [-0.2, 0) is 6.54 Å². The Labute approximate surface area is 107 Å². The second-order valence-corrected chi connectivity index (χ2v) is 4.65. The lowest BCUT2D eigenvalue weighted by Crippen LogP contribution is -2.23. The van der Waals surface area contributed by atoms with Gasteiger partial charge in [-0.25, -0.2) is 0 Å². The van der Waals surface area contributed by atoms with Crippen LogP contribution in [0.15, 0.2) is 41.9 Å². The summed E-state index contributed by atoms with van der Waals surface area (Å²) >= 11 is 1.42. The number of nitrogens with one attached hydrogen (secondary N) is 1. The van der Waals surface area contributed by atoms with Crippen molar-refractivity contribution in [3.8, 4) is 0 Å². The molecular weight excluding hydrogens is 248 g/mol. The van der Waals surface area contributed by atoms with Crippen molar-refractivity contribution in [1.29, 1.82) is 0 Å². The fourth-order valence-corrected chi connectivity index (χ4v) is 2.31. The van der Waals surface area contributed by atoms with Crippen LogP contribution in [0.1, 0.15) is 15.5 Å². The summed E-state index contributed by atoms with van der Waals surface area (Å²) in [6, 6.07) is 9.32. The number of hydrogen-bond donors (Lipinski definition) is 1. The number of carbonyl (C=O) groups excluding carboxylic acids is 1. The summed E-state index contributed by atoms with van der Waals surface area (Å²) in [5, 5.41) is 12.8. The van der Waals surface area contributed by atoms with Crippen LogP contribution in [0.4, 0.5) is 0 Å². The van der Waals surface area contributed by atoms with E-state index >= 15 is 0 Å². The van der Waals surface area contributed by atoms with Gasteiger partial charge >= 0.3 is 0 Å². The van der Waals surface area contributed by atoms with Gasteiger partial charge < -0.3 is 5.32 Å². The van der Waals surface area contributed by atoms with E-state index in [2.05, 4.69) is 15.5 Å². The minimum Gasteiger partial charge on any atom is -0.344 e. The Balaban J connectivity index is 1.76. The van der Waals surface area contributed by atoms with Gasteiger partial charge in [0.15, 0.2) is 11.5 Å². The number of nitrogens with zero attached hydrogens (tertiary/aromatic N) is 3. The average Bonchev–Trinajstić information content (AvgIpc) is 3.06. The predicted molar refractivity (Wildman–Crippen MR) is 68.5 cm³/mol. The Morgan fingerprint density at radius 3 is 3.06 bits per heavy atom. The lowest BCUT2D eigenvalue weighted by Gasteiger charge is -2.02. The predicted octanol–water partition coefficient (Wildman–Crippen LogP) is 1.72. The highest BCUT2D eigenvalue weighted by Crippen LogP contribution is 2.08. The number of pyridine rings is 1. The lowest BCUT2D eigenvalue weighted by atomic mass is 10.4. The SMILES string of the molecule is O=C(NCc1nnc2ccccn12)c1cccs1. The summed E-state index contributed by atoms with van der Waals surface area (Å²) in [5.41, 5.74) is 0.776. The maximum absolute atomic E-state index is 11.8. The van der Waals surface area contributed by atoms with Crippen LogP contribution in [0, 0.1) is 0 Å². The van der Waals surface area contributed by atoms with Gasteiger partial charge in [-0.05, 0) is 23.6 Å². The van der Waals surface area contributed by atoms with Crippen molar-refractivity contribution in [1.82, 2.24) is 19.9 Å². The summed E-state index contributed by atoms with van der Waals surface area (Å²) in [4.78, 5) is 12.5. The van der Waals surface area contributed by atoms with Crippen molar-refractivity contribution >= 4 is 22.9 Å². The number of thiophene rings is 1. The van der Waals surface area contributed by atoms with Gasteiger partial charge in [0.05, 0.1) is 11.4 Å². The van der Waals surface area contributed by atoms with Crippen molar-refractivity contribution in [2.75, 3.05) is 0 Å².